The third kappa shape index (κ3) is 5.37. The van der Waals surface area contributed by atoms with Gasteiger partial charge in [0.15, 0.2) is 0 Å². The van der Waals surface area contributed by atoms with Crippen LogP contribution >= 0.6 is 11.6 Å². The summed E-state index contributed by atoms with van der Waals surface area (Å²) in [4.78, 5) is 12.2. The molecular weight excluding hydrogens is 364 g/mol. The summed E-state index contributed by atoms with van der Waals surface area (Å²) < 4.78 is 31.0. The Bertz CT molecular complexity index is 869. The van der Waals surface area contributed by atoms with Crippen molar-refractivity contribution in [2.75, 3.05) is 22.9 Å². The molecule has 0 heterocycles. The van der Waals surface area contributed by atoms with Gasteiger partial charge in [0.05, 0.1) is 25.0 Å². The first-order valence-corrected chi connectivity index (χ1v) is 9.59. The van der Waals surface area contributed by atoms with Crippen LogP contribution in [-0.2, 0) is 21.2 Å². The van der Waals surface area contributed by atoms with E-state index < -0.39 is 10.0 Å². The van der Waals surface area contributed by atoms with E-state index in [-0.39, 0.29) is 18.1 Å². The standard InChI is InChI=1S/C17H19ClN2O4S/c1-3-25(22,23)20-15-9-8-13(11-16(15)24-2)19-17(21)10-12-6-4-5-7-14(12)18/h4-9,11,20H,3,10H2,1-2H3,(H,19,21). The van der Waals surface area contributed by atoms with Crippen LogP contribution in [-0.4, -0.2) is 27.2 Å². The first-order valence-electron chi connectivity index (χ1n) is 7.56. The van der Waals surface area contributed by atoms with Gasteiger partial charge < -0.3 is 10.1 Å². The van der Waals surface area contributed by atoms with Crippen molar-refractivity contribution in [2.24, 2.45) is 0 Å². The van der Waals surface area contributed by atoms with Crippen molar-refractivity contribution in [1.82, 2.24) is 0 Å². The molecule has 2 aromatic rings. The zero-order valence-electron chi connectivity index (χ0n) is 13.9. The molecule has 0 bridgehead atoms. The number of amides is 1. The fourth-order valence-electron chi connectivity index (χ4n) is 2.11. The normalized spacial score (nSPS) is 11.0. The lowest BCUT2D eigenvalue weighted by molar-refractivity contribution is -0.115. The second-order valence-corrected chi connectivity index (χ2v) is 7.66. The number of carbonyl (C=O) groups is 1. The van der Waals surface area contributed by atoms with Gasteiger partial charge in [0, 0.05) is 16.8 Å². The number of sulfonamides is 1. The number of halogens is 1. The molecule has 25 heavy (non-hydrogen) atoms. The molecule has 0 aliphatic carbocycles. The largest absolute Gasteiger partial charge is 0.494 e. The predicted octanol–water partition coefficient (Wildman–Crippen LogP) is 3.29. The highest BCUT2D eigenvalue weighted by Crippen LogP contribution is 2.29. The number of benzene rings is 2. The molecule has 0 unspecified atom stereocenters. The first kappa shape index (κ1) is 19.1. The quantitative estimate of drug-likeness (QED) is 0.769. The molecule has 2 N–H and O–H groups in total. The Morgan fingerprint density at radius 3 is 2.56 bits per heavy atom. The summed E-state index contributed by atoms with van der Waals surface area (Å²) in [6.45, 7) is 1.54. The lowest BCUT2D eigenvalue weighted by Gasteiger charge is -2.13. The molecule has 0 aliphatic rings. The minimum atomic E-state index is -3.42. The van der Waals surface area contributed by atoms with Crippen LogP contribution in [0.1, 0.15) is 12.5 Å². The van der Waals surface area contributed by atoms with Crippen LogP contribution in [0.4, 0.5) is 11.4 Å². The summed E-state index contributed by atoms with van der Waals surface area (Å²) in [6.07, 6.45) is 0.131. The maximum Gasteiger partial charge on any atom is 0.232 e. The van der Waals surface area contributed by atoms with Gasteiger partial charge >= 0.3 is 0 Å². The molecule has 0 saturated carbocycles. The van der Waals surface area contributed by atoms with Gasteiger partial charge in [-0.3, -0.25) is 9.52 Å². The van der Waals surface area contributed by atoms with Crippen LogP contribution in [0.3, 0.4) is 0 Å². The highest BCUT2D eigenvalue weighted by molar-refractivity contribution is 7.92. The molecule has 0 atom stereocenters. The zero-order valence-corrected chi connectivity index (χ0v) is 15.4. The fraction of sp³-hybridized carbons (Fsp3) is 0.235. The summed E-state index contributed by atoms with van der Waals surface area (Å²) in [5, 5.41) is 3.27. The first-order chi connectivity index (χ1) is 11.8. The Labute approximate surface area is 152 Å². The van der Waals surface area contributed by atoms with Crippen molar-refractivity contribution in [1.29, 1.82) is 0 Å². The van der Waals surface area contributed by atoms with Gasteiger partial charge in [-0.15, -0.1) is 0 Å². The number of hydrogen-bond donors (Lipinski definition) is 2. The van der Waals surface area contributed by atoms with Crippen LogP contribution in [0, 0.1) is 0 Å². The minimum Gasteiger partial charge on any atom is -0.494 e. The molecule has 0 radical (unpaired) electrons. The molecule has 0 aliphatic heterocycles. The zero-order chi connectivity index (χ0) is 18.4. The van der Waals surface area contributed by atoms with Gasteiger partial charge in [0.25, 0.3) is 0 Å². The van der Waals surface area contributed by atoms with Crippen LogP contribution < -0.4 is 14.8 Å². The molecule has 134 valence electrons. The topological polar surface area (TPSA) is 84.5 Å². The van der Waals surface area contributed by atoms with E-state index in [1.165, 1.54) is 20.1 Å². The van der Waals surface area contributed by atoms with Crippen molar-refractivity contribution in [3.63, 3.8) is 0 Å². The van der Waals surface area contributed by atoms with E-state index in [1.54, 1.807) is 30.3 Å². The van der Waals surface area contributed by atoms with Crippen LogP contribution in [0.5, 0.6) is 5.75 Å². The second-order valence-electron chi connectivity index (χ2n) is 5.24. The Morgan fingerprint density at radius 2 is 1.92 bits per heavy atom. The molecule has 6 nitrogen and oxygen atoms in total. The fourth-order valence-corrected chi connectivity index (χ4v) is 2.96. The van der Waals surface area contributed by atoms with E-state index in [0.717, 1.165) is 5.56 Å². The number of nitrogens with one attached hydrogen (secondary N) is 2. The number of anilines is 2. The molecule has 0 aromatic heterocycles. The molecule has 8 heteroatoms. The average molecular weight is 383 g/mol. The summed E-state index contributed by atoms with van der Waals surface area (Å²) in [5.41, 5.74) is 1.53. The molecule has 1 amide bonds. The molecule has 2 rings (SSSR count). The third-order valence-electron chi connectivity index (χ3n) is 3.44. The maximum absolute atomic E-state index is 12.2. The molecular formula is C17H19ClN2O4S. The van der Waals surface area contributed by atoms with Gasteiger partial charge in [-0.2, -0.15) is 0 Å². The Kier molecular flexibility index (Phi) is 6.27. The lowest BCUT2D eigenvalue weighted by Crippen LogP contribution is -2.16. The van der Waals surface area contributed by atoms with Crippen LogP contribution in [0.15, 0.2) is 42.5 Å². The second kappa shape index (κ2) is 8.22. The number of carbonyl (C=O) groups excluding carboxylic acids is 1. The Hall–Kier alpha value is -2.25. The third-order valence-corrected chi connectivity index (χ3v) is 5.10. The van der Waals surface area contributed by atoms with Crippen LogP contribution in [0.2, 0.25) is 5.02 Å². The number of ether oxygens (including phenoxy) is 1. The predicted molar refractivity (Wildman–Crippen MR) is 99.9 cm³/mol. The monoisotopic (exact) mass is 382 g/mol. The molecule has 2 aromatic carbocycles. The number of hydrogen-bond acceptors (Lipinski definition) is 4. The maximum atomic E-state index is 12.2. The van der Waals surface area contributed by atoms with Gasteiger partial charge in [-0.25, -0.2) is 8.42 Å². The van der Waals surface area contributed by atoms with Gasteiger partial charge in [-0.1, -0.05) is 29.8 Å². The van der Waals surface area contributed by atoms with E-state index in [1.807, 2.05) is 6.07 Å². The van der Waals surface area contributed by atoms with Crippen molar-refractivity contribution in [2.45, 2.75) is 13.3 Å². The number of methoxy groups -OCH3 is 1. The summed E-state index contributed by atoms with van der Waals surface area (Å²) in [6, 6.07) is 11.8. The summed E-state index contributed by atoms with van der Waals surface area (Å²) in [7, 11) is -1.99. The lowest BCUT2D eigenvalue weighted by atomic mass is 10.1. The van der Waals surface area contributed by atoms with E-state index >= 15 is 0 Å². The van der Waals surface area contributed by atoms with Crippen molar-refractivity contribution >= 4 is 38.9 Å². The van der Waals surface area contributed by atoms with Gasteiger partial charge in [0.2, 0.25) is 15.9 Å². The molecule has 0 saturated heterocycles. The van der Waals surface area contributed by atoms with E-state index in [2.05, 4.69) is 10.0 Å². The van der Waals surface area contributed by atoms with Crippen molar-refractivity contribution in [3.05, 3.63) is 53.1 Å². The molecule has 0 fully saturated rings. The highest BCUT2D eigenvalue weighted by Gasteiger charge is 2.13. The Morgan fingerprint density at radius 1 is 1.20 bits per heavy atom. The van der Waals surface area contributed by atoms with Gasteiger partial charge in [0.1, 0.15) is 5.75 Å². The summed E-state index contributed by atoms with van der Waals surface area (Å²) in [5.74, 6) is 0.0246. The van der Waals surface area contributed by atoms with E-state index in [4.69, 9.17) is 16.3 Å². The highest BCUT2D eigenvalue weighted by atomic mass is 35.5. The summed E-state index contributed by atoms with van der Waals surface area (Å²) >= 11 is 6.05. The minimum absolute atomic E-state index is 0.0491. The van der Waals surface area contributed by atoms with Crippen molar-refractivity contribution < 1.29 is 17.9 Å². The average Bonchev–Trinajstić information content (AvgIpc) is 2.58. The SMILES string of the molecule is CCS(=O)(=O)Nc1ccc(NC(=O)Cc2ccccc2Cl)cc1OC. The molecule has 0 spiro atoms. The Balaban J connectivity index is 2.12. The van der Waals surface area contributed by atoms with Gasteiger partial charge in [-0.05, 0) is 30.7 Å². The van der Waals surface area contributed by atoms with Crippen molar-refractivity contribution in [3.8, 4) is 5.75 Å². The van der Waals surface area contributed by atoms with E-state index in [0.29, 0.717) is 22.1 Å². The smallest absolute Gasteiger partial charge is 0.232 e. The van der Waals surface area contributed by atoms with E-state index in [9.17, 15) is 13.2 Å². The van der Waals surface area contributed by atoms with Crippen LogP contribution in [0.25, 0.3) is 0 Å². The number of rotatable bonds is 7.